The zero-order valence-corrected chi connectivity index (χ0v) is 11.9. The maximum atomic E-state index is 10.8. The van der Waals surface area contributed by atoms with Crippen molar-refractivity contribution in [2.75, 3.05) is 13.6 Å². The summed E-state index contributed by atoms with van der Waals surface area (Å²) in [5.41, 5.74) is 2.16. The average Bonchev–Trinajstić information content (AvgIpc) is 2.38. The number of carboxylic acids is 2. The molecule has 1 aromatic carbocycles. The Balaban J connectivity index is 2.80. The monoisotopic (exact) mass is 279 g/mol. The second kappa shape index (κ2) is 7.65. The van der Waals surface area contributed by atoms with Crippen LogP contribution in [0.15, 0.2) is 24.3 Å². The van der Waals surface area contributed by atoms with Gasteiger partial charge in [-0.25, -0.2) is 0 Å². The van der Waals surface area contributed by atoms with Crippen LogP contribution in [0.4, 0.5) is 0 Å². The van der Waals surface area contributed by atoms with Crippen molar-refractivity contribution >= 4 is 11.9 Å². The molecule has 1 unspecified atom stereocenters. The number of carboxylic acid groups (broad SMARTS) is 2. The minimum Gasteiger partial charge on any atom is -0.481 e. The van der Waals surface area contributed by atoms with Crippen LogP contribution in [0, 0.1) is 6.92 Å². The van der Waals surface area contributed by atoms with Crippen LogP contribution in [0.5, 0.6) is 0 Å². The Kier molecular flexibility index (Phi) is 6.18. The molecule has 0 saturated carbocycles. The number of carbonyl (C=O) groups is 2. The molecule has 0 radical (unpaired) electrons. The van der Waals surface area contributed by atoms with Crippen LogP contribution in [-0.4, -0.2) is 40.6 Å². The lowest BCUT2D eigenvalue weighted by Gasteiger charge is -2.28. The Morgan fingerprint density at radius 2 is 1.65 bits per heavy atom. The highest BCUT2D eigenvalue weighted by atomic mass is 16.4. The summed E-state index contributed by atoms with van der Waals surface area (Å²) >= 11 is 0. The minimum absolute atomic E-state index is 0.0476. The van der Waals surface area contributed by atoms with Gasteiger partial charge < -0.3 is 10.2 Å². The lowest BCUT2D eigenvalue weighted by atomic mass is 9.99. The van der Waals surface area contributed by atoms with Crippen molar-refractivity contribution in [1.82, 2.24) is 4.90 Å². The van der Waals surface area contributed by atoms with Gasteiger partial charge in [-0.3, -0.25) is 14.5 Å². The SMILES string of the molecule is Cc1ccc(C(CCC(=O)O)N(C)CCC(=O)O)cc1. The Morgan fingerprint density at radius 1 is 1.10 bits per heavy atom. The Labute approximate surface area is 118 Å². The molecule has 20 heavy (non-hydrogen) atoms. The van der Waals surface area contributed by atoms with E-state index in [2.05, 4.69) is 0 Å². The van der Waals surface area contributed by atoms with Crippen LogP contribution in [0.1, 0.15) is 36.4 Å². The highest BCUT2D eigenvalue weighted by molar-refractivity contribution is 5.67. The average molecular weight is 279 g/mol. The number of benzene rings is 1. The lowest BCUT2D eigenvalue weighted by Crippen LogP contribution is -2.27. The first kappa shape index (κ1) is 16.2. The fourth-order valence-electron chi connectivity index (χ4n) is 2.12. The van der Waals surface area contributed by atoms with E-state index < -0.39 is 11.9 Å². The van der Waals surface area contributed by atoms with E-state index in [1.54, 1.807) is 0 Å². The van der Waals surface area contributed by atoms with Crippen LogP contribution >= 0.6 is 0 Å². The number of rotatable bonds is 8. The summed E-state index contributed by atoms with van der Waals surface area (Å²) < 4.78 is 0. The number of hydrogen-bond acceptors (Lipinski definition) is 3. The molecule has 0 aliphatic rings. The van der Waals surface area contributed by atoms with Crippen LogP contribution < -0.4 is 0 Å². The van der Waals surface area contributed by atoms with Crippen molar-refractivity contribution < 1.29 is 19.8 Å². The molecule has 110 valence electrons. The van der Waals surface area contributed by atoms with Gasteiger partial charge in [-0.15, -0.1) is 0 Å². The lowest BCUT2D eigenvalue weighted by molar-refractivity contribution is -0.139. The molecule has 1 aromatic rings. The van der Waals surface area contributed by atoms with Crippen LogP contribution in [0.25, 0.3) is 0 Å². The summed E-state index contributed by atoms with van der Waals surface area (Å²) in [5, 5.41) is 17.6. The van der Waals surface area contributed by atoms with E-state index in [1.165, 1.54) is 0 Å². The summed E-state index contributed by atoms with van der Waals surface area (Å²) in [5.74, 6) is -1.69. The van der Waals surface area contributed by atoms with E-state index in [0.29, 0.717) is 13.0 Å². The standard InChI is InChI=1S/C15H21NO4/c1-11-3-5-12(6-4-11)13(7-8-14(17)18)16(2)10-9-15(19)20/h3-6,13H,7-10H2,1-2H3,(H,17,18)(H,19,20). The molecule has 0 amide bonds. The summed E-state index contributed by atoms with van der Waals surface area (Å²) in [7, 11) is 1.83. The zero-order chi connectivity index (χ0) is 15.1. The molecule has 0 aliphatic heterocycles. The molecule has 0 heterocycles. The van der Waals surface area contributed by atoms with Crippen LogP contribution in [0.2, 0.25) is 0 Å². The van der Waals surface area contributed by atoms with Gasteiger partial charge in [0, 0.05) is 19.0 Å². The maximum absolute atomic E-state index is 10.8. The van der Waals surface area contributed by atoms with E-state index in [9.17, 15) is 9.59 Å². The third-order valence-corrected chi connectivity index (χ3v) is 3.30. The largest absolute Gasteiger partial charge is 0.481 e. The quantitative estimate of drug-likeness (QED) is 0.763. The normalized spacial score (nSPS) is 12.3. The Bertz CT molecular complexity index is 455. The van der Waals surface area contributed by atoms with Gasteiger partial charge in [0.1, 0.15) is 0 Å². The molecular formula is C15H21NO4. The molecule has 0 fully saturated rings. The number of hydrogen-bond donors (Lipinski definition) is 2. The fourth-order valence-corrected chi connectivity index (χ4v) is 2.12. The second-order valence-corrected chi connectivity index (χ2v) is 4.98. The van der Waals surface area contributed by atoms with E-state index >= 15 is 0 Å². The van der Waals surface area contributed by atoms with Gasteiger partial charge in [0.2, 0.25) is 0 Å². The van der Waals surface area contributed by atoms with E-state index in [-0.39, 0.29) is 18.9 Å². The van der Waals surface area contributed by atoms with Crippen molar-refractivity contribution in [2.45, 2.75) is 32.2 Å². The summed E-state index contributed by atoms with van der Waals surface area (Å²) in [4.78, 5) is 23.3. The van der Waals surface area contributed by atoms with Gasteiger partial charge in [0.25, 0.3) is 0 Å². The zero-order valence-electron chi connectivity index (χ0n) is 11.9. The van der Waals surface area contributed by atoms with Crippen molar-refractivity contribution in [3.63, 3.8) is 0 Å². The molecule has 0 saturated heterocycles. The first-order chi connectivity index (χ1) is 9.40. The predicted molar refractivity (Wildman–Crippen MR) is 75.7 cm³/mol. The van der Waals surface area contributed by atoms with Crippen molar-refractivity contribution in [3.05, 3.63) is 35.4 Å². The highest BCUT2D eigenvalue weighted by Crippen LogP contribution is 2.25. The van der Waals surface area contributed by atoms with E-state index in [4.69, 9.17) is 10.2 Å². The van der Waals surface area contributed by atoms with Gasteiger partial charge in [-0.1, -0.05) is 29.8 Å². The molecule has 0 spiro atoms. The highest BCUT2D eigenvalue weighted by Gasteiger charge is 2.18. The smallest absolute Gasteiger partial charge is 0.304 e. The second-order valence-electron chi connectivity index (χ2n) is 4.98. The Morgan fingerprint density at radius 3 is 2.15 bits per heavy atom. The van der Waals surface area contributed by atoms with Gasteiger partial charge >= 0.3 is 11.9 Å². The third-order valence-electron chi connectivity index (χ3n) is 3.30. The van der Waals surface area contributed by atoms with Gasteiger partial charge in [-0.2, -0.15) is 0 Å². The summed E-state index contributed by atoms with van der Waals surface area (Å²) in [6, 6.07) is 7.83. The molecule has 1 atom stereocenters. The molecule has 0 bridgehead atoms. The first-order valence-corrected chi connectivity index (χ1v) is 6.60. The topological polar surface area (TPSA) is 77.8 Å². The Hall–Kier alpha value is -1.88. The number of aliphatic carboxylic acids is 2. The summed E-state index contributed by atoms with van der Waals surface area (Å²) in [6.07, 6.45) is 0.580. The molecule has 0 aliphatic carbocycles. The van der Waals surface area contributed by atoms with Gasteiger partial charge in [0.15, 0.2) is 0 Å². The molecule has 1 rings (SSSR count). The summed E-state index contributed by atoms with van der Waals surface area (Å²) in [6.45, 7) is 2.39. The molecule has 2 N–H and O–H groups in total. The number of nitrogens with zero attached hydrogens (tertiary/aromatic N) is 1. The van der Waals surface area contributed by atoms with Crippen LogP contribution in [0.3, 0.4) is 0 Å². The third kappa shape index (κ3) is 5.40. The van der Waals surface area contributed by atoms with Gasteiger partial charge in [-0.05, 0) is 26.0 Å². The predicted octanol–water partition coefficient (Wildman–Crippen LogP) is 2.31. The minimum atomic E-state index is -0.849. The molecule has 5 nitrogen and oxygen atoms in total. The maximum Gasteiger partial charge on any atom is 0.304 e. The van der Waals surface area contributed by atoms with E-state index in [0.717, 1.165) is 11.1 Å². The van der Waals surface area contributed by atoms with Crippen molar-refractivity contribution in [1.29, 1.82) is 0 Å². The molecular weight excluding hydrogens is 258 g/mol. The number of aryl methyl sites for hydroxylation is 1. The first-order valence-electron chi connectivity index (χ1n) is 6.60. The van der Waals surface area contributed by atoms with Gasteiger partial charge in [0.05, 0.1) is 6.42 Å². The molecule has 0 aromatic heterocycles. The van der Waals surface area contributed by atoms with Crippen molar-refractivity contribution in [3.8, 4) is 0 Å². The van der Waals surface area contributed by atoms with E-state index in [1.807, 2.05) is 43.1 Å². The van der Waals surface area contributed by atoms with Crippen molar-refractivity contribution in [2.24, 2.45) is 0 Å². The van der Waals surface area contributed by atoms with Crippen LogP contribution in [-0.2, 0) is 9.59 Å². The molecule has 5 heteroatoms. The fraction of sp³-hybridized carbons (Fsp3) is 0.467.